The van der Waals surface area contributed by atoms with Crippen LogP contribution >= 0.6 is 0 Å². The van der Waals surface area contributed by atoms with Gasteiger partial charge < -0.3 is 24.7 Å². The van der Waals surface area contributed by atoms with Crippen molar-refractivity contribution < 1.29 is 29.3 Å². The van der Waals surface area contributed by atoms with Gasteiger partial charge in [0.25, 0.3) is 0 Å². The van der Waals surface area contributed by atoms with Gasteiger partial charge in [0.2, 0.25) is 11.8 Å². The number of rotatable bonds is 7. The molecule has 2 heterocycles. The van der Waals surface area contributed by atoms with E-state index in [1.54, 1.807) is 29.2 Å². The summed E-state index contributed by atoms with van der Waals surface area (Å²) in [6.07, 6.45) is 0.727. The van der Waals surface area contributed by atoms with Crippen molar-refractivity contribution in [2.75, 3.05) is 33.3 Å². The van der Waals surface area contributed by atoms with E-state index in [2.05, 4.69) is 0 Å². The number of methoxy groups -OCH3 is 1. The molecular weight excluding hydrogens is 376 g/mol. The van der Waals surface area contributed by atoms with Gasteiger partial charge in [-0.1, -0.05) is 12.1 Å². The summed E-state index contributed by atoms with van der Waals surface area (Å²) in [6, 6.07) is 7.08. The van der Waals surface area contributed by atoms with Crippen molar-refractivity contribution >= 4 is 17.8 Å². The van der Waals surface area contributed by atoms with Crippen molar-refractivity contribution in [2.24, 2.45) is 5.41 Å². The lowest BCUT2D eigenvalue weighted by molar-refractivity contribution is -0.165. The van der Waals surface area contributed by atoms with Crippen LogP contribution in [0.4, 0.5) is 0 Å². The molecule has 2 amide bonds. The third-order valence-electron chi connectivity index (χ3n) is 5.98. The number of aliphatic carboxylic acids is 1. The fourth-order valence-electron chi connectivity index (χ4n) is 4.23. The van der Waals surface area contributed by atoms with Crippen LogP contribution in [0.15, 0.2) is 24.3 Å². The summed E-state index contributed by atoms with van der Waals surface area (Å²) in [5.74, 6) is -0.644. The third kappa shape index (κ3) is 4.53. The van der Waals surface area contributed by atoms with Gasteiger partial charge in [-0.2, -0.15) is 0 Å². The Bertz CT molecular complexity index is 782. The number of carbonyl (C=O) groups excluding carboxylic acids is 2. The zero-order chi connectivity index (χ0) is 21.0. The Morgan fingerprint density at radius 3 is 2.76 bits per heavy atom. The molecule has 0 unspecified atom stereocenters. The molecule has 29 heavy (non-hydrogen) atoms. The van der Waals surface area contributed by atoms with E-state index < -0.39 is 17.5 Å². The Morgan fingerprint density at radius 1 is 1.31 bits per heavy atom. The van der Waals surface area contributed by atoms with Gasteiger partial charge in [-0.3, -0.25) is 14.4 Å². The molecule has 2 N–H and O–H groups in total. The molecule has 0 radical (unpaired) electrons. The van der Waals surface area contributed by atoms with E-state index in [4.69, 9.17) is 4.74 Å². The normalized spacial score (nSPS) is 24.6. The van der Waals surface area contributed by atoms with E-state index in [1.807, 2.05) is 0 Å². The zero-order valence-corrected chi connectivity index (χ0v) is 16.7. The van der Waals surface area contributed by atoms with Gasteiger partial charge in [0.1, 0.15) is 11.2 Å². The van der Waals surface area contributed by atoms with Crippen LogP contribution in [-0.2, 0) is 20.8 Å². The van der Waals surface area contributed by atoms with Crippen LogP contribution in [0.5, 0.6) is 5.75 Å². The highest BCUT2D eigenvalue weighted by Crippen LogP contribution is 2.35. The predicted molar refractivity (Wildman–Crippen MR) is 104 cm³/mol. The van der Waals surface area contributed by atoms with Gasteiger partial charge >= 0.3 is 5.97 Å². The van der Waals surface area contributed by atoms with E-state index in [-0.39, 0.29) is 37.6 Å². The molecule has 8 heteroatoms. The van der Waals surface area contributed by atoms with Crippen LogP contribution in [0.25, 0.3) is 0 Å². The summed E-state index contributed by atoms with van der Waals surface area (Å²) in [6.45, 7) is 1.26. The molecule has 2 fully saturated rings. The van der Waals surface area contributed by atoms with Crippen molar-refractivity contribution in [3.05, 3.63) is 29.8 Å². The highest BCUT2D eigenvalue weighted by Gasteiger charge is 2.50. The molecular formula is C21H28N2O6. The SMILES string of the molecule is COc1cccc(C[C@@]2(C(=O)O)CN(C(=O)CCN3CCCC3=O)CC[C@H]2O)c1. The first kappa shape index (κ1) is 21.1. The Morgan fingerprint density at radius 2 is 2.10 bits per heavy atom. The lowest BCUT2D eigenvalue weighted by atomic mass is 9.72. The van der Waals surface area contributed by atoms with Crippen molar-refractivity contribution in [3.8, 4) is 5.75 Å². The van der Waals surface area contributed by atoms with Crippen molar-refractivity contribution in [1.29, 1.82) is 0 Å². The monoisotopic (exact) mass is 404 g/mol. The lowest BCUT2D eigenvalue weighted by Crippen LogP contribution is -2.58. The molecule has 0 aliphatic carbocycles. The standard InChI is InChI=1S/C21H28N2O6/c1-29-16-5-2-4-15(12-16)13-21(20(27)28)14-23(10-7-17(21)24)19(26)8-11-22-9-3-6-18(22)25/h2,4-5,12,17,24H,3,6-11,13-14H2,1H3,(H,27,28)/t17-,21-/m1/s1. The molecule has 0 aromatic heterocycles. The Balaban J connectivity index is 1.72. The quantitative estimate of drug-likeness (QED) is 0.700. The first-order valence-corrected chi connectivity index (χ1v) is 9.95. The number of amides is 2. The van der Waals surface area contributed by atoms with Crippen molar-refractivity contribution in [1.82, 2.24) is 9.80 Å². The number of nitrogens with zero attached hydrogens (tertiary/aromatic N) is 2. The van der Waals surface area contributed by atoms with Crippen LogP contribution in [0, 0.1) is 5.41 Å². The minimum absolute atomic E-state index is 0.0600. The lowest BCUT2D eigenvalue weighted by Gasteiger charge is -2.43. The maximum atomic E-state index is 12.7. The summed E-state index contributed by atoms with van der Waals surface area (Å²) < 4.78 is 5.21. The fraction of sp³-hybridized carbons (Fsp3) is 0.571. The number of ether oxygens (including phenoxy) is 1. The second-order valence-corrected chi connectivity index (χ2v) is 7.84. The summed E-state index contributed by atoms with van der Waals surface area (Å²) in [4.78, 5) is 39.9. The fourth-order valence-corrected chi connectivity index (χ4v) is 4.23. The minimum atomic E-state index is -1.48. The first-order chi connectivity index (χ1) is 13.9. The van der Waals surface area contributed by atoms with Crippen LogP contribution in [0.2, 0.25) is 0 Å². The molecule has 158 valence electrons. The number of carbonyl (C=O) groups is 3. The van der Waals surface area contributed by atoms with Gasteiger partial charge in [-0.25, -0.2) is 0 Å². The number of hydrogen-bond acceptors (Lipinski definition) is 5. The number of aliphatic hydroxyl groups excluding tert-OH is 1. The molecule has 3 rings (SSSR count). The summed E-state index contributed by atoms with van der Waals surface area (Å²) >= 11 is 0. The summed E-state index contributed by atoms with van der Waals surface area (Å²) in [5.41, 5.74) is -0.758. The number of hydrogen-bond donors (Lipinski definition) is 2. The van der Waals surface area contributed by atoms with Crippen molar-refractivity contribution in [2.45, 2.75) is 38.2 Å². The molecule has 2 aliphatic rings. The molecule has 1 aromatic carbocycles. The van der Waals surface area contributed by atoms with Crippen LogP contribution < -0.4 is 4.74 Å². The van der Waals surface area contributed by atoms with Gasteiger partial charge in [-0.15, -0.1) is 0 Å². The van der Waals surface area contributed by atoms with Gasteiger partial charge in [0.05, 0.1) is 13.2 Å². The summed E-state index contributed by atoms with van der Waals surface area (Å²) in [5, 5.41) is 20.6. The topological polar surface area (TPSA) is 107 Å². The minimum Gasteiger partial charge on any atom is -0.497 e. The average Bonchev–Trinajstić information content (AvgIpc) is 3.12. The molecule has 0 bridgehead atoms. The number of piperidine rings is 1. The molecule has 2 atom stereocenters. The number of carboxylic acids is 1. The number of carboxylic acid groups (broad SMARTS) is 1. The van der Waals surface area contributed by atoms with E-state index in [9.17, 15) is 24.6 Å². The molecule has 1 aromatic rings. The average molecular weight is 404 g/mol. The van der Waals surface area contributed by atoms with Crippen LogP contribution in [0.1, 0.15) is 31.2 Å². The Labute approximate surface area is 170 Å². The number of aliphatic hydroxyl groups is 1. The van der Waals surface area contributed by atoms with Crippen molar-refractivity contribution in [3.63, 3.8) is 0 Å². The second-order valence-electron chi connectivity index (χ2n) is 7.84. The summed E-state index contributed by atoms with van der Waals surface area (Å²) in [7, 11) is 1.53. The molecule has 0 spiro atoms. The van der Waals surface area contributed by atoms with Crippen LogP contribution in [0.3, 0.4) is 0 Å². The predicted octanol–water partition coefficient (Wildman–Crippen LogP) is 0.914. The smallest absolute Gasteiger partial charge is 0.314 e. The molecule has 2 saturated heterocycles. The number of likely N-dealkylation sites (tertiary alicyclic amines) is 2. The van der Waals surface area contributed by atoms with Gasteiger partial charge in [-0.05, 0) is 37.0 Å². The largest absolute Gasteiger partial charge is 0.497 e. The molecule has 2 aliphatic heterocycles. The highest BCUT2D eigenvalue weighted by atomic mass is 16.5. The first-order valence-electron chi connectivity index (χ1n) is 9.95. The Hall–Kier alpha value is -2.61. The Kier molecular flexibility index (Phi) is 6.42. The second kappa shape index (κ2) is 8.82. The number of benzene rings is 1. The van der Waals surface area contributed by atoms with Gasteiger partial charge in [0, 0.05) is 39.0 Å². The molecule has 0 saturated carbocycles. The zero-order valence-electron chi connectivity index (χ0n) is 16.7. The third-order valence-corrected chi connectivity index (χ3v) is 5.98. The van der Waals surface area contributed by atoms with E-state index in [0.29, 0.717) is 31.8 Å². The maximum absolute atomic E-state index is 12.7. The van der Waals surface area contributed by atoms with E-state index in [1.165, 1.54) is 12.0 Å². The maximum Gasteiger partial charge on any atom is 0.314 e. The van der Waals surface area contributed by atoms with E-state index >= 15 is 0 Å². The van der Waals surface area contributed by atoms with Gasteiger partial charge in [0.15, 0.2) is 0 Å². The highest BCUT2D eigenvalue weighted by molar-refractivity contribution is 5.82. The van der Waals surface area contributed by atoms with E-state index in [0.717, 1.165) is 12.0 Å². The van der Waals surface area contributed by atoms with Crippen LogP contribution in [-0.4, -0.2) is 77.2 Å². The molecule has 8 nitrogen and oxygen atoms in total.